The van der Waals surface area contributed by atoms with Gasteiger partial charge in [-0.2, -0.15) is 0 Å². The normalized spacial score (nSPS) is 23.7. The van der Waals surface area contributed by atoms with Crippen LogP contribution < -0.4 is 5.32 Å². The summed E-state index contributed by atoms with van der Waals surface area (Å²) in [5.74, 6) is -0.503. The number of ether oxygens (including phenoxy) is 1. The van der Waals surface area contributed by atoms with E-state index in [1.165, 1.54) is 10.9 Å². The Balaban J connectivity index is 1.72. The zero-order chi connectivity index (χ0) is 21.4. The van der Waals surface area contributed by atoms with E-state index >= 15 is 0 Å². The molecule has 1 aromatic carbocycles. The maximum atomic E-state index is 11.4. The summed E-state index contributed by atoms with van der Waals surface area (Å²) in [5, 5.41) is 44.0. The molecule has 0 aliphatic carbocycles. The third-order valence-electron chi connectivity index (χ3n) is 4.71. The van der Waals surface area contributed by atoms with Crippen molar-refractivity contribution >= 4 is 45.5 Å². The van der Waals surface area contributed by atoms with Crippen LogP contribution in [0.1, 0.15) is 11.8 Å². The molecule has 4 rings (SSSR count). The Morgan fingerprint density at radius 3 is 2.77 bits per heavy atom. The lowest BCUT2D eigenvalue weighted by Gasteiger charge is -2.15. The van der Waals surface area contributed by atoms with Gasteiger partial charge in [0.15, 0.2) is 11.7 Å². The maximum Gasteiger partial charge on any atom is 0.473 e. The van der Waals surface area contributed by atoms with Crippen molar-refractivity contribution in [2.45, 2.75) is 31.1 Å². The van der Waals surface area contributed by atoms with Gasteiger partial charge in [0.1, 0.15) is 24.6 Å². The maximum absolute atomic E-state index is 11.4. The average molecular weight is 528 g/mol. The number of fused-ring (bicyclic) bond motifs is 1. The van der Waals surface area contributed by atoms with Gasteiger partial charge in [0.05, 0.1) is 6.61 Å². The molecule has 1 aliphatic heterocycles. The number of aliphatic hydroxyl groups is 3. The summed E-state index contributed by atoms with van der Waals surface area (Å²) in [5.41, 5.74) is 1.24. The highest BCUT2D eigenvalue weighted by Gasteiger charge is 2.44. The number of hydrogen-bond donors (Lipinski definition) is 4. The minimum absolute atomic E-state index is 0.0525. The van der Waals surface area contributed by atoms with Gasteiger partial charge in [-0.1, -0.05) is 12.1 Å². The predicted octanol–water partition coefficient (Wildman–Crippen LogP) is 0.563. The molecular weight excluding hydrogens is 511 g/mol. The molecule has 0 bridgehead atoms. The largest absolute Gasteiger partial charge is 0.473 e. The molecule has 3 aromatic rings. The lowest BCUT2D eigenvalue weighted by molar-refractivity contribution is -0.394. The number of anilines is 1. The standard InChI is InChI=1S/C17H17IN6O6/c18-9-3-1-2-8(4-9)5-19-14-11-15(22-17(21-14)24(28)29)23(7-20-11)16-13(27)12(26)10(6-25)30-16/h1-4,7,10,12-13,16,25-27H,5-6H2,(H,19,21,22)/t10-,12-,13-,16-/m1/s1. The number of benzene rings is 1. The first kappa shape index (κ1) is 20.8. The highest BCUT2D eigenvalue weighted by Crippen LogP contribution is 2.33. The number of rotatable bonds is 6. The van der Waals surface area contributed by atoms with Crippen LogP contribution in [0.3, 0.4) is 0 Å². The number of halogens is 1. The van der Waals surface area contributed by atoms with E-state index in [1.54, 1.807) is 0 Å². The van der Waals surface area contributed by atoms with Gasteiger partial charge in [0.25, 0.3) is 0 Å². The Morgan fingerprint density at radius 1 is 1.30 bits per heavy atom. The number of aromatic nitrogens is 4. The van der Waals surface area contributed by atoms with Gasteiger partial charge < -0.3 is 35.5 Å². The average Bonchev–Trinajstić information content (AvgIpc) is 3.27. The van der Waals surface area contributed by atoms with Crippen LogP contribution >= 0.6 is 22.6 Å². The van der Waals surface area contributed by atoms with Crippen molar-refractivity contribution in [2.24, 2.45) is 0 Å². The van der Waals surface area contributed by atoms with Crippen LogP contribution in [0.25, 0.3) is 11.2 Å². The van der Waals surface area contributed by atoms with E-state index in [9.17, 15) is 25.4 Å². The van der Waals surface area contributed by atoms with Crippen molar-refractivity contribution in [1.82, 2.24) is 19.5 Å². The number of hydrogen-bond acceptors (Lipinski definition) is 10. The molecule has 1 fully saturated rings. The van der Waals surface area contributed by atoms with Crippen LogP contribution in [0.15, 0.2) is 30.6 Å². The van der Waals surface area contributed by atoms with Gasteiger partial charge in [-0.15, -0.1) is 0 Å². The Labute approximate surface area is 182 Å². The second kappa shape index (κ2) is 8.35. The van der Waals surface area contributed by atoms with Crippen molar-refractivity contribution in [1.29, 1.82) is 0 Å². The molecule has 1 aliphatic rings. The SMILES string of the molecule is O=[N+]([O-])c1nc(NCc2cccc(I)c2)c2ncn([C@@H]3O[C@H](CO)[C@@H](O)[C@H]3O)c2n1. The summed E-state index contributed by atoms with van der Waals surface area (Å²) in [6.07, 6.45) is -3.54. The fourth-order valence-electron chi connectivity index (χ4n) is 3.24. The minimum atomic E-state index is -1.38. The summed E-state index contributed by atoms with van der Waals surface area (Å²) in [6, 6.07) is 7.70. The molecule has 2 aromatic heterocycles. The van der Waals surface area contributed by atoms with Gasteiger partial charge in [-0.25, -0.2) is 4.98 Å². The molecule has 12 nitrogen and oxygen atoms in total. The lowest BCUT2D eigenvalue weighted by Crippen LogP contribution is -2.33. The van der Waals surface area contributed by atoms with E-state index in [0.717, 1.165) is 9.13 Å². The molecule has 30 heavy (non-hydrogen) atoms. The van der Waals surface area contributed by atoms with E-state index in [1.807, 2.05) is 24.3 Å². The first-order valence-corrected chi connectivity index (χ1v) is 9.96. The monoisotopic (exact) mass is 528 g/mol. The molecule has 13 heteroatoms. The summed E-state index contributed by atoms with van der Waals surface area (Å²) in [6.45, 7) is -0.153. The van der Waals surface area contributed by atoms with Crippen LogP contribution in [-0.4, -0.2) is 64.7 Å². The highest BCUT2D eigenvalue weighted by atomic mass is 127. The van der Waals surface area contributed by atoms with E-state index < -0.39 is 42.0 Å². The Bertz CT molecular complexity index is 1090. The summed E-state index contributed by atoms with van der Waals surface area (Å²) in [7, 11) is 0. The van der Waals surface area contributed by atoms with Gasteiger partial charge in [0.2, 0.25) is 11.5 Å². The molecule has 3 heterocycles. The number of nitro groups is 1. The third kappa shape index (κ3) is 3.81. The Morgan fingerprint density at radius 2 is 2.10 bits per heavy atom. The third-order valence-corrected chi connectivity index (χ3v) is 5.38. The number of imidazole rings is 1. The summed E-state index contributed by atoms with van der Waals surface area (Å²) >= 11 is 2.19. The Kier molecular flexibility index (Phi) is 5.79. The van der Waals surface area contributed by atoms with Crippen molar-refractivity contribution < 1.29 is 25.0 Å². The van der Waals surface area contributed by atoms with Crippen molar-refractivity contribution in [3.63, 3.8) is 0 Å². The van der Waals surface area contributed by atoms with Crippen LogP contribution in [-0.2, 0) is 11.3 Å². The van der Waals surface area contributed by atoms with Crippen LogP contribution in [0.2, 0.25) is 0 Å². The first-order valence-electron chi connectivity index (χ1n) is 8.88. The predicted molar refractivity (Wildman–Crippen MR) is 111 cm³/mol. The zero-order valence-electron chi connectivity index (χ0n) is 15.3. The molecule has 1 saturated heterocycles. The van der Waals surface area contributed by atoms with Crippen LogP contribution in [0, 0.1) is 13.7 Å². The molecule has 4 atom stereocenters. The highest BCUT2D eigenvalue weighted by molar-refractivity contribution is 14.1. The minimum Gasteiger partial charge on any atom is -0.394 e. The fourth-order valence-corrected chi connectivity index (χ4v) is 3.85. The zero-order valence-corrected chi connectivity index (χ0v) is 17.4. The van der Waals surface area contributed by atoms with Crippen LogP contribution in [0.4, 0.5) is 11.8 Å². The molecule has 158 valence electrons. The van der Waals surface area contributed by atoms with Crippen molar-refractivity contribution in [2.75, 3.05) is 11.9 Å². The molecule has 0 radical (unpaired) electrons. The number of nitrogens with one attached hydrogen (secondary N) is 1. The van der Waals surface area contributed by atoms with Gasteiger partial charge >= 0.3 is 5.95 Å². The second-order valence-electron chi connectivity index (χ2n) is 6.67. The first-order chi connectivity index (χ1) is 14.4. The molecule has 0 unspecified atom stereocenters. The smallest absolute Gasteiger partial charge is 0.394 e. The number of nitrogens with zero attached hydrogens (tertiary/aromatic N) is 5. The van der Waals surface area contributed by atoms with Crippen molar-refractivity contribution in [3.05, 3.63) is 49.8 Å². The molecule has 0 amide bonds. The number of aliphatic hydroxyl groups excluding tert-OH is 3. The fraction of sp³-hybridized carbons (Fsp3) is 0.353. The Hall–Kier alpha value is -2.46. The van der Waals surface area contributed by atoms with E-state index in [-0.39, 0.29) is 17.0 Å². The summed E-state index contributed by atoms with van der Waals surface area (Å²) < 4.78 is 7.81. The topological polar surface area (TPSA) is 169 Å². The quantitative estimate of drug-likeness (QED) is 0.202. The lowest BCUT2D eigenvalue weighted by atomic mass is 10.1. The molecule has 0 saturated carbocycles. The van der Waals surface area contributed by atoms with Gasteiger partial charge in [0, 0.05) is 10.1 Å². The molecule has 0 spiro atoms. The van der Waals surface area contributed by atoms with Gasteiger partial charge in [-0.3, -0.25) is 4.57 Å². The second-order valence-corrected chi connectivity index (χ2v) is 7.91. The van der Waals surface area contributed by atoms with Crippen molar-refractivity contribution in [3.8, 4) is 0 Å². The van der Waals surface area contributed by atoms with E-state index in [0.29, 0.717) is 6.54 Å². The van der Waals surface area contributed by atoms with E-state index in [4.69, 9.17) is 4.74 Å². The van der Waals surface area contributed by atoms with Crippen LogP contribution in [0.5, 0.6) is 0 Å². The molecular formula is C17H17IN6O6. The van der Waals surface area contributed by atoms with E-state index in [2.05, 4.69) is 42.9 Å². The summed E-state index contributed by atoms with van der Waals surface area (Å²) in [4.78, 5) is 22.7. The van der Waals surface area contributed by atoms with Gasteiger partial charge in [-0.05, 0) is 55.2 Å². The molecule has 4 N–H and O–H groups in total.